The zero-order valence-electron chi connectivity index (χ0n) is 18.4. The number of carbonyl (C=O) groups is 1. The summed E-state index contributed by atoms with van der Waals surface area (Å²) < 4.78 is 12.6. The summed E-state index contributed by atoms with van der Waals surface area (Å²) in [5, 5.41) is 9.43. The number of unbranched alkanes of at least 4 members (excludes halogenated alkanes) is 1. The van der Waals surface area contributed by atoms with Gasteiger partial charge in [-0.05, 0) is 30.1 Å². The minimum atomic E-state index is -2.07. The first-order valence-corrected chi connectivity index (χ1v) is 13.2. The third-order valence-electron chi connectivity index (χ3n) is 5.28. The first-order chi connectivity index (χ1) is 13.0. The van der Waals surface area contributed by atoms with Crippen molar-refractivity contribution in [3.8, 4) is 0 Å². The second-order valence-electron chi connectivity index (χ2n) is 8.89. The van der Waals surface area contributed by atoms with E-state index >= 15 is 0 Å². The molecule has 0 saturated heterocycles. The van der Waals surface area contributed by atoms with Crippen molar-refractivity contribution in [2.45, 2.75) is 90.3 Å². The van der Waals surface area contributed by atoms with Gasteiger partial charge < -0.3 is 14.3 Å². The summed E-state index contributed by atoms with van der Waals surface area (Å²) in [7, 11) is -2.07. The molecule has 0 aliphatic heterocycles. The summed E-state index contributed by atoms with van der Waals surface area (Å²) in [6.45, 7) is 13.5. The van der Waals surface area contributed by atoms with Crippen LogP contribution in [0.2, 0.25) is 18.1 Å². The van der Waals surface area contributed by atoms with Gasteiger partial charge in [0.05, 0.1) is 25.2 Å². The smallest absolute Gasteiger partial charge is 0.305 e. The lowest BCUT2D eigenvalue weighted by molar-refractivity contribution is -0.139. The maximum Gasteiger partial charge on any atom is 0.305 e. The third-order valence-corrected chi connectivity index (χ3v) is 9.81. The average Bonchev–Trinajstić information content (AvgIpc) is 2.58. The lowest BCUT2D eigenvalue weighted by atomic mass is 10.1. The predicted octanol–water partition coefficient (Wildman–Crippen LogP) is 6.18. The molecule has 1 N–H and O–H groups in total. The molecule has 2 atom stereocenters. The highest BCUT2D eigenvalue weighted by molar-refractivity contribution is 6.74. The number of hydrogen-bond donors (Lipinski definition) is 1. The first kappa shape index (κ1) is 24.6. The number of aliphatic carboxylic acids is 1. The fraction of sp³-hybridized carbons (Fsp3) is 0.609. The fourth-order valence-corrected chi connectivity index (χ4v) is 3.98. The molecular weight excluding hydrogens is 368 g/mol. The fourth-order valence-electron chi connectivity index (χ4n) is 2.61. The molecular formula is C23H38O4Si. The van der Waals surface area contributed by atoms with Crippen molar-refractivity contribution in [3.05, 3.63) is 48.0 Å². The van der Waals surface area contributed by atoms with Crippen molar-refractivity contribution in [1.29, 1.82) is 0 Å². The first-order valence-electron chi connectivity index (χ1n) is 10.3. The van der Waals surface area contributed by atoms with Crippen molar-refractivity contribution in [2.75, 3.05) is 0 Å². The van der Waals surface area contributed by atoms with Crippen LogP contribution in [0.4, 0.5) is 0 Å². The van der Waals surface area contributed by atoms with Gasteiger partial charge in [0.25, 0.3) is 0 Å². The molecule has 0 aliphatic carbocycles. The van der Waals surface area contributed by atoms with Crippen LogP contribution in [0.25, 0.3) is 0 Å². The maximum atomic E-state index is 11.4. The molecule has 0 aromatic heterocycles. The van der Waals surface area contributed by atoms with E-state index in [1.807, 2.05) is 30.3 Å². The van der Waals surface area contributed by atoms with Gasteiger partial charge in [-0.15, -0.1) is 0 Å². The van der Waals surface area contributed by atoms with Crippen LogP contribution in [0.5, 0.6) is 0 Å². The molecule has 0 aliphatic rings. The summed E-state index contributed by atoms with van der Waals surface area (Å²) in [5.41, 5.74) is 1.11. The van der Waals surface area contributed by atoms with Crippen LogP contribution in [0.3, 0.4) is 0 Å². The highest BCUT2D eigenvalue weighted by Gasteiger charge is 2.39. The Labute approximate surface area is 172 Å². The van der Waals surface area contributed by atoms with E-state index < -0.39 is 14.3 Å². The summed E-state index contributed by atoms with van der Waals surface area (Å²) in [6, 6.07) is 10.0. The minimum Gasteiger partial charge on any atom is -0.481 e. The average molecular weight is 407 g/mol. The van der Waals surface area contributed by atoms with Gasteiger partial charge in [-0.2, -0.15) is 0 Å². The van der Waals surface area contributed by atoms with Crippen LogP contribution in [-0.2, 0) is 20.6 Å². The van der Waals surface area contributed by atoms with E-state index in [0.29, 0.717) is 13.0 Å². The van der Waals surface area contributed by atoms with Gasteiger partial charge in [-0.3, -0.25) is 4.79 Å². The molecule has 0 amide bonds. The Hall–Kier alpha value is -1.43. The van der Waals surface area contributed by atoms with E-state index in [9.17, 15) is 9.90 Å². The minimum absolute atomic E-state index is 0.000670. The Bertz CT molecular complexity index is 605. The number of carboxylic acid groups (broad SMARTS) is 1. The second-order valence-corrected chi connectivity index (χ2v) is 13.6. The largest absolute Gasteiger partial charge is 0.481 e. The summed E-state index contributed by atoms with van der Waals surface area (Å²) >= 11 is 0. The summed E-state index contributed by atoms with van der Waals surface area (Å²) in [5.74, 6) is -0.831. The number of allylic oxidation sites excluding steroid dienone is 1. The lowest BCUT2D eigenvalue weighted by Crippen LogP contribution is -2.45. The predicted molar refractivity (Wildman–Crippen MR) is 118 cm³/mol. The van der Waals surface area contributed by atoms with E-state index in [2.05, 4.69) is 52.9 Å². The molecule has 0 radical (unpaired) electrons. The van der Waals surface area contributed by atoms with Crippen LogP contribution in [0.1, 0.15) is 58.9 Å². The number of benzene rings is 1. The molecule has 0 bridgehead atoms. The van der Waals surface area contributed by atoms with E-state index in [1.165, 1.54) is 0 Å². The van der Waals surface area contributed by atoms with E-state index in [4.69, 9.17) is 9.16 Å². The standard InChI is InChI=1S/C23H38O4Si/c1-7-8-10-15-20(26-18-19-13-11-9-12-14-19)16-21(17-22(24)25)27-28(5,6)23(2,3)4/h9-15,20-21H,7-8,16-18H2,1-6H3,(H,24,25)/b15-10-/t20-,21-/m1/s1. The monoisotopic (exact) mass is 406 g/mol. The quantitative estimate of drug-likeness (QED) is 0.332. The van der Waals surface area contributed by atoms with Gasteiger partial charge in [0.2, 0.25) is 0 Å². The Morgan fingerprint density at radius 2 is 1.86 bits per heavy atom. The lowest BCUT2D eigenvalue weighted by Gasteiger charge is -2.39. The van der Waals surface area contributed by atoms with Crippen LogP contribution >= 0.6 is 0 Å². The zero-order chi connectivity index (χ0) is 21.2. The van der Waals surface area contributed by atoms with Crippen molar-refractivity contribution >= 4 is 14.3 Å². The molecule has 0 saturated carbocycles. The van der Waals surface area contributed by atoms with Gasteiger partial charge in [-0.1, -0.05) is 76.6 Å². The maximum absolute atomic E-state index is 11.4. The zero-order valence-corrected chi connectivity index (χ0v) is 19.4. The molecule has 1 rings (SSSR count). The van der Waals surface area contributed by atoms with Gasteiger partial charge in [0.1, 0.15) is 0 Å². The normalized spacial score (nSPS) is 14.9. The molecule has 1 aromatic carbocycles. The molecule has 0 spiro atoms. The Balaban J connectivity index is 2.89. The van der Waals surface area contributed by atoms with Crippen molar-refractivity contribution < 1.29 is 19.1 Å². The SMILES string of the molecule is CCC/C=C\[C@H](C[C@H](CC(=O)O)O[Si](C)(C)C(C)(C)C)OCc1ccccc1. The van der Waals surface area contributed by atoms with Crippen molar-refractivity contribution in [2.24, 2.45) is 0 Å². The van der Waals surface area contributed by atoms with E-state index in [0.717, 1.165) is 18.4 Å². The van der Waals surface area contributed by atoms with Crippen LogP contribution in [-0.4, -0.2) is 31.6 Å². The molecule has 0 fully saturated rings. The van der Waals surface area contributed by atoms with Gasteiger partial charge in [0, 0.05) is 6.42 Å². The third kappa shape index (κ3) is 9.17. The molecule has 28 heavy (non-hydrogen) atoms. The number of rotatable bonds is 12. The van der Waals surface area contributed by atoms with Gasteiger partial charge in [-0.25, -0.2) is 0 Å². The highest BCUT2D eigenvalue weighted by Crippen LogP contribution is 2.38. The molecule has 1 aromatic rings. The Kier molecular flexibility index (Phi) is 10.1. The Morgan fingerprint density at radius 1 is 1.21 bits per heavy atom. The van der Waals surface area contributed by atoms with Crippen molar-refractivity contribution in [3.63, 3.8) is 0 Å². The van der Waals surface area contributed by atoms with Crippen LogP contribution < -0.4 is 0 Å². The Morgan fingerprint density at radius 3 is 2.39 bits per heavy atom. The second kappa shape index (κ2) is 11.5. The summed E-state index contributed by atoms with van der Waals surface area (Å²) in [4.78, 5) is 11.4. The number of hydrogen-bond acceptors (Lipinski definition) is 3. The van der Waals surface area contributed by atoms with E-state index in [1.54, 1.807) is 0 Å². The van der Waals surface area contributed by atoms with Gasteiger partial charge >= 0.3 is 5.97 Å². The number of ether oxygens (including phenoxy) is 1. The van der Waals surface area contributed by atoms with Crippen LogP contribution in [0, 0.1) is 0 Å². The number of carboxylic acids is 1. The molecule has 0 heterocycles. The van der Waals surface area contributed by atoms with Gasteiger partial charge in [0.15, 0.2) is 8.32 Å². The molecule has 5 heteroatoms. The molecule has 158 valence electrons. The van der Waals surface area contributed by atoms with Crippen molar-refractivity contribution in [1.82, 2.24) is 0 Å². The highest BCUT2D eigenvalue weighted by atomic mass is 28.4. The molecule has 0 unspecified atom stereocenters. The summed E-state index contributed by atoms with van der Waals surface area (Å²) in [6.07, 6.45) is 6.27. The molecule has 4 nitrogen and oxygen atoms in total. The van der Waals surface area contributed by atoms with E-state index in [-0.39, 0.29) is 23.7 Å². The topological polar surface area (TPSA) is 55.8 Å². The van der Waals surface area contributed by atoms with Crippen LogP contribution in [0.15, 0.2) is 42.5 Å².